The van der Waals surface area contributed by atoms with Crippen molar-refractivity contribution in [1.29, 1.82) is 0 Å². The predicted octanol–water partition coefficient (Wildman–Crippen LogP) is 4.89. The van der Waals surface area contributed by atoms with Crippen molar-refractivity contribution in [3.63, 3.8) is 0 Å². The van der Waals surface area contributed by atoms with Gasteiger partial charge in [0.25, 0.3) is 0 Å². The summed E-state index contributed by atoms with van der Waals surface area (Å²) in [5.41, 5.74) is 1.05. The molecule has 0 saturated heterocycles. The topological polar surface area (TPSA) is 9.23 Å². The van der Waals surface area contributed by atoms with Gasteiger partial charge in [0.05, 0.1) is 6.61 Å². The molecule has 0 fully saturated rings. The van der Waals surface area contributed by atoms with Crippen molar-refractivity contribution in [3.05, 3.63) is 29.8 Å². The SMILES string of the molecule is CCCCCOc1ccc(C(Cl)Br)cc1. The Bertz CT molecular complexity index is 271. The van der Waals surface area contributed by atoms with Crippen LogP contribution in [-0.2, 0) is 0 Å². The van der Waals surface area contributed by atoms with E-state index in [0.29, 0.717) is 0 Å². The lowest BCUT2D eigenvalue weighted by Gasteiger charge is -2.07. The molecule has 1 unspecified atom stereocenters. The third-order valence-electron chi connectivity index (χ3n) is 2.15. The molecule has 0 N–H and O–H groups in total. The second-order valence-electron chi connectivity index (χ2n) is 3.43. The summed E-state index contributed by atoms with van der Waals surface area (Å²) in [5, 5.41) is 0. The lowest BCUT2D eigenvalue weighted by Crippen LogP contribution is -1.96. The fourth-order valence-electron chi connectivity index (χ4n) is 1.25. The average Bonchev–Trinajstić information content (AvgIpc) is 2.25. The van der Waals surface area contributed by atoms with Crippen LogP contribution >= 0.6 is 27.5 Å². The van der Waals surface area contributed by atoms with E-state index in [9.17, 15) is 0 Å². The number of halogens is 2. The molecule has 0 spiro atoms. The van der Waals surface area contributed by atoms with E-state index in [2.05, 4.69) is 22.9 Å². The zero-order valence-corrected chi connectivity index (χ0v) is 11.2. The molecule has 0 bridgehead atoms. The number of hydrogen-bond donors (Lipinski definition) is 0. The van der Waals surface area contributed by atoms with Gasteiger partial charge in [0.15, 0.2) is 0 Å². The van der Waals surface area contributed by atoms with Gasteiger partial charge in [-0.15, -0.1) is 11.6 Å². The standard InChI is InChI=1S/C12H16BrClO/c1-2-3-4-9-15-11-7-5-10(6-8-11)12(13)14/h5-8,12H,2-4,9H2,1H3. The molecule has 84 valence electrons. The van der Waals surface area contributed by atoms with Crippen LogP contribution in [0, 0.1) is 0 Å². The lowest BCUT2D eigenvalue weighted by molar-refractivity contribution is 0.306. The van der Waals surface area contributed by atoms with E-state index in [0.717, 1.165) is 24.3 Å². The van der Waals surface area contributed by atoms with Crippen LogP contribution in [0.2, 0.25) is 0 Å². The summed E-state index contributed by atoms with van der Waals surface area (Å²) >= 11 is 9.18. The molecule has 0 amide bonds. The Kier molecular flexibility index (Phi) is 6.11. The quantitative estimate of drug-likeness (QED) is 0.536. The van der Waals surface area contributed by atoms with Gasteiger partial charge in [-0.2, -0.15) is 0 Å². The molecule has 0 radical (unpaired) electrons. The number of ether oxygens (including phenoxy) is 1. The van der Waals surface area contributed by atoms with Gasteiger partial charge in [-0.25, -0.2) is 0 Å². The van der Waals surface area contributed by atoms with E-state index in [1.165, 1.54) is 12.8 Å². The first kappa shape index (κ1) is 12.9. The number of alkyl halides is 2. The van der Waals surface area contributed by atoms with Crippen molar-refractivity contribution < 1.29 is 4.74 Å². The van der Waals surface area contributed by atoms with Crippen LogP contribution in [-0.4, -0.2) is 6.61 Å². The summed E-state index contributed by atoms with van der Waals surface area (Å²) in [6, 6.07) is 7.86. The molecule has 0 heterocycles. The number of unbranched alkanes of at least 4 members (excludes halogenated alkanes) is 2. The van der Waals surface area contributed by atoms with Crippen molar-refractivity contribution in [1.82, 2.24) is 0 Å². The molecule has 0 aliphatic carbocycles. The van der Waals surface area contributed by atoms with E-state index >= 15 is 0 Å². The Labute approximate surface area is 105 Å². The number of rotatable bonds is 6. The van der Waals surface area contributed by atoms with Gasteiger partial charge in [-0.1, -0.05) is 47.8 Å². The molecule has 1 rings (SSSR count). The molecular formula is C12H16BrClO. The second-order valence-corrected chi connectivity index (χ2v) is 5.30. The summed E-state index contributed by atoms with van der Waals surface area (Å²) in [7, 11) is 0. The maximum Gasteiger partial charge on any atom is 0.119 e. The van der Waals surface area contributed by atoms with Gasteiger partial charge in [0.2, 0.25) is 0 Å². The molecule has 0 aromatic heterocycles. The van der Waals surface area contributed by atoms with Crippen molar-refractivity contribution in [3.8, 4) is 5.75 Å². The molecule has 0 saturated carbocycles. The van der Waals surface area contributed by atoms with Gasteiger partial charge in [0.1, 0.15) is 10.0 Å². The van der Waals surface area contributed by atoms with Crippen molar-refractivity contribution >= 4 is 27.5 Å². The van der Waals surface area contributed by atoms with Crippen LogP contribution in [0.25, 0.3) is 0 Å². The normalized spacial score (nSPS) is 12.5. The van der Waals surface area contributed by atoms with Crippen molar-refractivity contribution in [2.45, 2.75) is 30.5 Å². The summed E-state index contributed by atoms with van der Waals surface area (Å²) < 4.78 is 5.47. The first-order valence-electron chi connectivity index (χ1n) is 5.25. The molecule has 1 aromatic carbocycles. The Balaban J connectivity index is 2.36. The predicted molar refractivity (Wildman–Crippen MR) is 69.0 cm³/mol. The minimum Gasteiger partial charge on any atom is -0.494 e. The largest absolute Gasteiger partial charge is 0.494 e. The molecule has 1 nitrogen and oxygen atoms in total. The maximum absolute atomic E-state index is 5.88. The van der Waals surface area contributed by atoms with Gasteiger partial charge in [-0.05, 0) is 24.1 Å². The van der Waals surface area contributed by atoms with Crippen LogP contribution < -0.4 is 4.74 Å². The van der Waals surface area contributed by atoms with Crippen LogP contribution in [0.4, 0.5) is 0 Å². The Morgan fingerprint density at radius 3 is 2.47 bits per heavy atom. The first-order chi connectivity index (χ1) is 7.24. The molecule has 1 atom stereocenters. The molecule has 1 aromatic rings. The smallest absolute Gasteiger partial charge is 0.119 e. The highest BCUT2D eigenvalue weighted by molar-refractivity contribution is 9.09. The van der Waals surface area contributed by atoms with Crippen LogP contribution in [0.5, 0.6) is 5.75 Å². The van der Waals surface area contributed by atoms with E-state index in [4.69, 9.17) is 16.3 Å². The number of hydrogen-bond acceptors (Lipinski definition) is 1. The minimum absolute atomic E-state index is 0.119. The lowest BCUT2D eigenvalue weighted by atomic mass is 10.2. The average molecular weight is 292 g/mol. The Morgan fingerprint density at radius 1 is 1.27 bits per heavy atom. The van der Waals surface area contributed by atoms with Crippen LogP contribution in [0.3, 0.4) is 0 Å². The summed E-state index contributed by atoms with van der Waals surface area (Å²) in [4.78, 5) is 0. The van der Waals surface area contributed by atoms with Crippen LogP contribution in [0.1, 0.15) is 36.0 Å². The van der Waals surface area contributed by atoms with Gasteiger partial charge in [0, 0.05) is 0 Å². The highest BCUT2D eigenvalue weighted by Crippen LogP contribution is 2.28. The fraction of sp³-hybridized carbons (Fsp3) is 0.500. The van der Waals surface area contributed by atoms with E-state index in [1.807, 2.05) is 24.3 Å². The summed E-state index contributed by atoms with van der Waals surface area (Å²) in [6.07, 6.45) is 3.57. The maximum atomic E-state index is 5.88. The zero-order chi connectivity index (χ0) is 11.1. The second kappa shape index (κ2) is 7.13. The van der Waals surface area contributed by atoms with Crippen molar-refractivity contribution in [2.24, 2.45) is 0 Å². The summed E-state index contributed by atoms with van der Waals surface area (Å²) in [5.74, 6) is 0.916. The van der Waals surface area contributed by atoms with Gasteiger partial charge < -0.3 is 4.74 Å². The molecule has 3 heteroatoms. The van der Waals surface area contributed by atoms with Gasteiger partial charge >= 0.3 is 0 Å². The monoisotopic (exact) mass is 290 g/mol. The third kappa shape index (κ3) is 4.89. The number of benzene rings is 1. The fourth-order valence-corrected chi connectivity index (χ4v) is 1.70. The Morgan fingerprint density at radius 2 is 1.93 bits per heavy atom. The highest BCUT2D eigenvalue weighted by atomic mass is 79.9. The highest BCUT2D eigenvalue weighted by Gasteiger charge is 2.02. The molecule has 0 aliphatic heterocycles. The third-order valence-corrected chi connectivity index (χ3v) is 2.93. The van der Waals surface area contributed by atoms with Gasteiger partial charge in [-0.3, -0.25) is 0 Å². The van der Waals surface area contributed by atoms with Crippen LogP contribution in [0.15, 0.2) is 24.3 Å². The van der Waals surface area contributed by atoms with Crippen molar-refractivity contribution in [2.75, 3.05) is 6.61 Å². The minimum atomic E-state index is -0.119. The molecule has 15 heavy (non-hydrogen) atoms. The summed E-state index contributed by atoms with van der Waals surface area (Å²) in [6.45, 7) is 2.98. The van der Waals surface area contributed by atoms with E-state index in [-0.39, 0.29) is 4.29 Å². The Hall–Kier alpha value is -0.210. The van der Waals surface area contributed by atoms with E-state index in [1.54, 1.807) is 0 Å². The first-order valence-corrected chi connectivity index (χ1v) is 6.60. The zero-order valence-electron chi connectivity index (χ0n) is 8.88. The molecular weight excluding hydrogens is 275 g/mol. The van der Waals surface area contributed by atoms with E-state index < -0.39 is 0 Å². The molecule has 0 aliphatic rings.